The minimum atomic E-state index is -3.40. The second kappa shape index (κ2) is 9.39. The molecule has 3 aromatic rings. The van der Waals surface area contributed by atoms with Gasteiger partial charge in [0.15, 0.2) is 0 Å². The van der Waals surface area contributed by atoms with E-state index in [9.17, 15) is 13.2 Å². The second-order valence-electron chi connectivity index (χ2n) is 6.71. The molecule has 1 atom stereocenters. The number of nitrogens with one attached hydrogen (secondary N) is 2. The highest BCUT2D eigenvalue weighted by Gasteiger charge is 2.17. The first kappa shape index (κ1) is 20.6. The Bertz CT molecular complexity index is 1050. The maximum Gasteiger partial charge on any atom is 0.251 e. The predicted molar refractivity (Wildman–Crippen MR) is 116 cm³/mol. The fourth-order valence-corrected chi connectivity index (χ4v) is 3.64. The van der Waals surface area contributed by atoms with Gasteiger partial charge in [-0.05, 0) is 42.7 Å². The summed E-state index contributed by atoms with van der Waals surface area (Å²) in [6.07, 6.45) is 0.652. The largest absolute Gasteiger partial charge is 0.345 e. The van der Waals surface area contributed by atoms with Crippen LogP contribution in [0, 0.1) is 0 Å². The predicted octanol–water partition coefficient (Wildman–Crippen LogP) is 4.16. The lowest BCUT2D eigenvalue weighted by Gasteiger charge is -2.20. The van der Waals surface area contributed by atoms with Gasteiger partial charge in [0.1, 0.15) is 0 Å². The average Bonchev–Trinajstić information content (AvgIpc) is 2.74. The summed E-state index contributed by atoms with van der Waals surface area (Å²) in [5.74, 6) is -0.288. The van der Waals surface area contributed by atoms with Crippen LogP contribution in [0.15, 0.2) is 84.9 Å². The van der Waals surface area contributed by atoms with Gasteiger partial charge >= 0.3 is 0 Å². The van der Waals surface area contributed by atoms with Crippen molar-refractivity contribution in [2.75, 3.05) is 10.5 Å². The number of rotatable bonds is 8. The summed E-state index contributed by atoms with van der Waals surface area (Å²) < 4.78 is 26.1. The van der Waals surface area contributed by atoms with Crippen molar-refractivity contribution in [2.24, 2.45) is 0 Å². The molecule has 0 heterocycles. The molecular formula is C23H24N2O3S. The van der Waals surface area contributed by atoms with E-state index in [4.69, 9.17) is 0 Å². The van der Waals surface area contributed by atoms with E-state index in [1.807, 2.05) is 60.7 Å². The maximum atomic E-state index is 12.9. The normalized spacial score (nSPS) is 12.2. The van der Waals surface area contributed by atoms with Crippen LogP contribution in [-0.4, -0.2) is 20.1 Å². The fraction of sp³-hybridized carbons (Fsp3) is 0.174. The molecule has 29 heavy (non-hydrogen) atoms. The Morgan fingerprint density at radius 1 is 0.897 bits per heavy atom. The summed E-state index contributed by atoms with van der Waals surface area (Å²) in [7, 11) is -3.40. The number of hydrogen-bond acceptors (Lipinski definition) is 3. The average molecular weight is 409 g/mol. The number of sulfonamides is 1. The number of benzene rings is 3. The van der Waals surface area contributed by atoms with Gasteiger partial charge in [-0.3, -0.25) is 9.52 Å². The van der Waals surface area contributed by atoms with Gasteiger partial charge in [0.2, 0.25) is 10.0 Å². The summed E-state index contributed by atoms with van der Waals surface area (Å²) in [6.45, 7) is 1.56. The molecule has 0 aliphatic heterocycles. The van der Waals surface area contributed by atoms with Crippen LogP contribution >= 0.6 is 0 Å². The number of carbonyl (C=O) groups excluding carboxylic acids is 1. The lowest BCUT2D eigenvalue weighted by Crippen LogP contribution is -2.30. The number of anilines is 1. The zero-order valence-electron chi connectivity index (χ0n) is 16.2. The Labute approximate surface area is 171 Å². The summed E-state index contributed by atoms with van der Waals surface area (Å²) >= 11 is 0. The third-order valence-corrected chi connectivity index (χ3v) is 5.87. The molecule has 0 fully saturated rings. The molecule has 6 heteroatoms. The minimum absolute atomic E-state index is 0.0312. The van der Waals surface area contributed by atoms with Crippen LogP contribution in [0.5, 0.6) is 0 Å². The smallest absolute Gasteiger partial charge is 0.251 e. The third-order valence-electron chi connectivity index (χ3n) is 4.57. The highest BCUT2D eigenvalue weighted by Crippen LogP contribution is 2.20. The van der Waals surface area contributed by atoms with Gasteiger partial charge in [0.05, 0.1) is 11.8 Å². The molecule has 0 aliphatic rings. The first-order valence-corrected chi connectivity index (χ1v) is 11.1. The van der Waals surface area contributed by atoms with E-state index in [0.29, 0.717) is 17.7 Å². The van der Waals surface area contributed by atoms with E-state index in [0.717, 1.165) is 11.1 Å². The molecule has 0 bridgehead atoms. The van der Waals surface area contributed by atoms with Crippen molar-refractivity contribution in [1.29, 1.82) is 0 Å². The zero-order chi connectivity index (χ0) is 20.7. The van der Waals surface area contributed by atoms with Crippen LogP contribution < -0.4 is 10.0 Å². The molecular weight excluding hydrogens is 384 g/mol. The molecule has 0 spiro atoms. The molecule has 0 saturated heterocycles. The number of amides is 1. The Morgan fingerprint density at radius 3 is 2.21 bits per heavy atom. The lowest BCUT2D eigenvalue weighted by atomic mass is 9.98. The molecule has 3 aromatic carbocycles. The van der Waals surface area contributed by atoms with Gasteiger partial charge < -0.3 is 5.32 Å². The van der Waals surface area contributed by atoms with E-state index >= 15 is 0 Å². The van der Waals surface area contributed by atoms with Gasteiger partial charge in [-0.2, -0.15) is 0 Å². The molecule has 0 aromatic heterocycles. The molecule has 0 aliphatic carbocycles. The van der Waals surface area contributed by atoms with Crippen LogP contribution in [0.25, 0.3) is 0 Å². The standard InChI is InChI=1S/C23H24N2O3S/c1-2-29(27,28)25-21-15-9-14-20(17-21)23(26)24-22(19-12-7-4-8-13-19)16-18-10-5-3-6-11-18/h3-15,17,22,25H,2,16H2,1H3,(H,24,26)/t22-/m1/s1. The minimum Gasteiger partial charge on any atom is -0.345 e. The summed E-state index contributed by atoms with van der Waals surface area (Å²) in [4.78, 5) is 12.9. The van der Waals surface area contributed by atoms with E-state index < -0.39 is 10.0 Å². The fourth-order valence-electron chi connectivity index (χ4n) is 3.00. The van der Waals surface area contributed by atoms with E-state index in [1.165, 1.54) is 0 Å². The molecule has 0 saturated carbocycles. The van der Waals surface area contributed by atoms with Crippen molar-refractivity contribution in [3.63, 3.8) is 0 Å². The Balaban J connectivity index is 1.81. The van der Waals surface area contributed by atoms with Crippen LogP contribution in [0.3, 0.4) is 0 Å². The number of hydrogen-bond donors (Lipinski definition) is 2. The topological polar surface area (TPSA) is 75.3 Å². The van der Waals surface area contributed by atoms with Crippen molar-refractivity contribution in [3.8, 4) is 0 Å². The highest BCUT2D eigenvalue weighted by molar-refractivity contribution is 7.92. The Kier molecular flexibility index (Phi) is 6.67. The van der Waals surface area contributed by atoms with Gasteiger partial charge in [-0.1, -0.05) is 66.7 Å². The van der Waals surface area contributed by atoms with Crippen molar-refractivity contribution in [3.05, 3.63) is 102 Å². The highest BCUT2D eigenvalue weighted by atomic mass is 32.2. The first-order chi connectivity index (χ1) is 14.0. The van der Waals surface area contributed by atoms with Crippen LogP contribution in [0.4, 0.5) is 5.69 Å². The first-order valence-electron chi connectivity index (χ1n) is 9.47. The van der Waals surface area contributed by atoms with E-state index in [1.54, 1.807) is 31.2 Å². The molecule has 0 radical (unpaired) electrons. The van der Waals surface area contributed by atoms with Crippen molar-refractivity contribution in [2.45, 2.75) is 19.4 Å². The molecule has 0 unspecified atom stereocenters. The Hall–Kier alpha value is -3.12. The third kappa shape index (κ3) is 5.93. The van der Waals surface area contributed by atoms with Crippen molar-refractivity contribution >= 4 is 21.6 Å². The van der Waals surface area contributed by atoms with Crippen LogP contribution in [0.2, 0.25) is 0 Å². The maximum absolute atomic E-state index is 12.9. The monoisotopic (exact) mass is 408 g/mol. The lowest BCUT2D eigenvalue weighted by molar-refractivity contribution is 0.0936. The van der Waals surface area contributed by atoms with Crippen LogP contribution in [0.1, 0.15) is 34.5 Å². The van der Waals surface area contributed by atoms with Crippen molar-refractivity contribution < 1.29 is 13.2 Å². The van der Waals surface area contributed by atoms with Gasteiger partial charge in [-0.15, -0.1) is 0 Å². The van der Waals surface area contributed by atoms with E-state index in [2.05, 4.69) is 10.0 Å². The molecule has 1 amide bonds. The zero-order valence-corrected chi connectivity index (χ0v) is 17.0. The summed E-state index contributed by atoms with van der Waals surface area (Å²) in [6, 6.07) is 26.1. The molecule has 5 nitrogen and oxygen atoms in total. The molecule has 3 rings (SSSR count). The molecule has 150 valence electrons. The second-order valence-corrected chi connectivity index (χ2v) is 8.72. The summed E-state index contributed by atoms with van der Waals surface area (Å²) in [5.41, 5.74) is 2.90. The summed E-state index contributed by atoms with van der Waals surface area (Å²) in [5, 5.41) is 3.09. The molecule has 2 N–H and O–H groups in total. The van der Waals surface area contributed by atoms with Gasteiger partial charge in [-0.25, -0.2) is 8.42 Å². The number of carbonyl (C=O) groups is 1. The van der Waals surface area contributed by atoms with E-state index in [-0.39, 0.29) is 17.7 Å². The Morgan fingerprint density at radius 2 is 1.55 bits per heavy atom. The van der Waals surface area contributed by atoms with Crippen molar-refractivity contribution in [1.82, 2.24) is 5.32 Å². The van der Waals surface area contributed by atoms with Crippen LogP contribution in [-0.2, 0) is 16.4 Å². The van der Waals surface area contributed by atoms with Gasteiger partial charge in [0, 0.05) is 11.3 Å². The van der Waals surface area contributed by atoms with Gasteiger partial charge in [0.25, 0.3) is 5.91 Å². The SMILES string of the molecule is CCS(=O)(=O)Nc1cccc(C(=O)N[C@H](Cc2ccccc2)c2ccccc2)c1. The quantitative estimate of drug-likeness (QED) is 0.588.